The van der Waals surface area contributed by atoms with E-state index in [1.54, 1.807) is 25.2 Å². The van der Waals surface area contributed by atoms with E-state index in [-0.39, 0.29) is 23.8 Å². The molecule has 2 aromatic rings. The first-order valence-corrected chi connectivity index (χ1v) is 8.47. The van der Waals surface area contributed by atoms with Crippen molar-refractivity contribution < 1.29 is 17.6 Å². The highest BCUT2D eigenvalue weighted by Gasteiger charge is 2.15. The molecule has 2 N–H and O–H groups in total. The number of benzene rings is 1. The average molecular weight is 340 g/mol. The summed E-state index contributed by atoms with van der Waals surface area (Å²) in [5.74, 6) is -1.03. The fourth-order valence-electron chi connectivity index (χ4n) is 1.96. The Balaban J connectivity index is 2.08. The van der Waals surface area contributed by atoms with Crippen LogP contribution in [0.1, 0.15) is 10.5 Å². The van der Waals surface area contributed by atoms with E-state index in [2.05, 4.69) is 15.1 Å². The number of amides is 1. The van der Waals surface area contributed by atoms with E-state index in [0.29, 0.717) is 5.69 Å². The molecule has 0 atom stereocenters. The first-order chi connectivity index (χ1) is 10.8. The predicted molar refractivity (Wildman–Crippen MR) is 83.8 cm³/mol. The first-order valence-electron chi connectivity index (χ1n) is 6.82. The van der Waals surface area contributed by atoms with Crippen molar-refractivity contribution in [1.29, 1.82) is 0 Å². The SMILES string of the molecule is CNS(=O)(=O)CCNC(=O)c1cc(-c2ccc(F)cc2)n(C)n1. The monoisotopic (exact) mass is 340 g/mol. The van der Waals surface area contributed by atoms with E-state index in [0.717, 1.165) is 5.56 Å². The lowest BCUT2D eigenvalue weighted by Gasteiger charge is -2.03. The first kappa shape index (κ1) is 17.1. The van der Waals surface area contributed by atoms with Gasteiger partial charge in [0.15, 0.2) is 5.69 Å². The summed E-state index contributed by atoms with van der Waals surface area (Å²) in [7, 11) is -0.395. The number of rotatable bonds is 6. The number of halogens is 1. The quantitative estimate of drug-likeness (QED) is 0.801. The van der Waals surface area contributed by atoms with Crippen LogP contribution in [0.2, 0.25) is 0 Å². The van der Waals surface area contributed by atoms with E-state index in [9.17, 15) is 17.6 Å². The molecule has 9 heteroatoms. The minimum Gasteiger partial charge on any atom is -0.350 e. The van der Waals surface area contributed by atoms with Crippen molar-refractivity contribution in [2.45, 2.75) is 0 Å². The maximum Gasteiger partial charge on any atom is 0.271 e. The number of hydrogen-bond acceptors (Lipinski definition) is 4. The standard InChI is InChI=1S/C14H17FN4O3S/c1-16-23(21,22)8-7-17-14(20)12-9-13(19(2)18-12)10-3-5-11(15)6-4-10/h3-6,9,16H,7-8H2,1-2H3,(H,17,20). The molecule has 7 nitrogen and oxygen atoms in total. The molecule has 0 aliphatic heterocycles. The Kier molecular flexibility index (Phi) is 5.12. The third-order valence-electron chi connectivity index (χ3n) is 3.22. The van der Waals surface area contributed by atoms with Gasteiger partial charge >= 0.3 is 0 Å². The third kappa shape index (κ3) is 4.36. The molecule has 0 aliphatic carbocycles. The Labute approximate surface area is 133 Å². The van der Waals surface area contributed by atoms with Crippen LogP contribution >= 0.6 is 0 Å². The van der Waals surface area contributed by atoms with Gasteiger partial charge < -0.3 is 5.32 Å². The van der Waals surface area contributed by atoms with Crippen LogP contribution in [0.5, 0.6) is 0 Å². The third-order valence-corrected chi connectivity index (χ3v) is 4.58. The molecule has 1 amide bonds. The van der Waals surface area contributed by atoms with Crippen LogP contribution in [-0.4, -0.2) is 43.5 Å². The maximum absolute atomic E-state index is 13.0. The van der Waals surface area contributed by atoms with E-state index in [1.165, 1.54) is 23.9 Å². The number of carbonyl (C=O) groups excluding carboxylic acids is 1. The van der Waals surface area contributed by atoms with Crippen LogP contribution in [-0.2, 0) is 17.1 Å². The Bertz CT molecular complexity index is 800. The average Bonchev–Trinajstić information content (AvgIpc) is 2.90. The summed E-state index contributed by atoms with van der Waals surface area (Å²) in [6, 6.07) is 7.39. The molecule has 1 aromatic carbocycles. The lowest BCUT2D eigenvalue weighted by molar-refractivity contribution is 0.0950. The molecular weight excluding hydrogens is 323 g/mol. The number of hydrogen-bond donors (Lipinski definition) is 2. The van der Waals surface area contributed by atoms with Crippen molar-refractivity contribution in [3.05, 3.63) is 41.8 Å². The van der Waals surface area contributed by atoms with Crippen molar-refractivity contribution >= 4 is 15.9 Å². The molecule has 0 spiro atoms. The minimum absolute atomic E-state index is 0.0234. The number of aromatic nitrogens is 2. The fourth-order valence-corrected chi connectivity index (χ4v) is 2.54. The number of nitrogens with zero attached hydrogens (tertiary/aromatic N) is 2. The van der Waals surface area contributed by atoms with Gasteiger partial charge in [-0.05, 0) is 42.9 Å². The highest BCUT2D eigenvalue weighted by molar-refractivity contribution is 7.89. The molecular formula is C14H17FN4O3S. The van der Waals surface area contributed by atoms with E-state index < -0.39 is 15.9 Å². The van der Waals surface area contributed by atoms with Gasteiger partial charge in [-0.2, -0.15) is 5.10 Å². The van der Waals surface area contributed by atoms with E-state index in [4.69, 9.17) is 0 Å². The van der Waals surface area contributed by atoms with Crippen LogP contribution in [0.25, 0.3) is 11.3 Å². The number of carbonyl (C=O) groups is 1. The van der Waals surface area contributed by atoms with Gasteiger partial charge in [-0.3, -0.25) is 9.48 Å². The second-order valence-electron chi connectivity index (χ2n) is 4.82. The minimum atomic E-state index is -3.37. The van der Waals surface area contributed by atoms with E-state index >= 15 is 0 Å². The summed E-state index contributed by atoms with van der Waals surface area (Å²) >= 11 is 0. The second kappa shape index (κ2) is 6.88. The van der Waals surface area contributed by atoms with Gasteiger partial charge in [-0.1, -0.05) is 0 Å². The highest BCUT2D eigenvalue weighted by Crippen LogP contribution is 2.20. The molecule has 0 bridgehead atoms. The van der Waals surface area contributed by atoms with Crippen LogP contribution < -0.4 is 10.0 Å². The molecule has 0 saturated heterocycles. The zero-order chi connectivity index (χ0) is 17.0. The van der Waals surface area contributed by atoms with Gasteiger partial charge in [0.05, 0.1) is 11.4 Å². The zero-order valence-corrected chi connectivity index (χ0v) is 13.5. The molecule has 0 fully saturated rings. The van der Waals surface area contributed by atoms with Crippen LogP contribution in [0.4, 0.5) is 4.39 Å². The number of nitrogens with one attached hydrogen (secondary N) is 2. The molecule has 1 aromatic heterocycles. The summed E-state index contributed by atoms with van der Waals surface area (Å²) in [6.07, 6.45) is 0. The molecule has 0 radical (unpaired) electrons. The van der Waals surface area contributed by atoms with E-state index in [1.807, 2.05) is 0 Å². The Morgan fingerprint density at radius 2 is 1.96 bits per heavy atom. The lowest BCUT2D eigenvalue weighted by Crippen LogP contribution is -2.33. The van der Waals surface area contributed by atoms with Crippen molar-refractivity contribution in [2.24, 2.45) is 7.05 Å². The molecule has 0 unspecified atom stereocenters. The van der Waals surface area contributed by atoms with Crippen molar-refractivity contribution in [3.63, 3.8) is 0 Å². The van der Waals surface area contributed by atoms with Gasteiger partial charge in [0, 0.05) is 13.6 Å². The van der Waals surface area contributed by atoms with Crippen LogP contribution in [0.15, 0.2) is 30.3 Å². The normalized spacial score (nSPS) is 11.4. The predicted octanol–water partition coefficient (Wildman–Crippen LogP) is 0.505. The summed E-state index contributed by atoms with van der Waals surface area (Å²) in [5.41, 5.74) is 1.53. The van der Waals surface area contributed by atoms with Crippen molar-refractivity contribution in [1.82, 2.24) is 19.8 Å². The van der Waals surface area contributed by atoms with Crippen molar-refractivity contribution in [2.75, 3.05) is 19.3 Å². The summed E-state index contributed by atoms with van der Waals surface area (Å²) in [4.78, 5) is 12.0. The molecule has 124 valence electrons. The summed E-state index contributed by atoms with van der Waals surface area (Å²) in [6.45, 7) is -0.0234. The molecule has 1 heterocycles. The van der Waals surface area contributed by atoms with Gasteiger partial charge in [0.1, 0.15) is 5.82 Å². The Hall–Kier alpha value is -2.26. The molecule has 0 saturated carbocycles. The summed E-state index contributed by atoms with van der Waals surface area (Å²) < 4.78 is 39.2. The van der Waals surface area contributed by atoms with Gasteiger partial charge in [0.25, 0.3) is 5.91 Å². The fraction of sp³-hybridized carbons (Fsp3) is 0.286. The second-order valence-corrected chi connectivity index (χ2v) is 6.87. The smallest absolute Gasteiger partial charge is 0.271 e. The molecule has 2 rings (SSSR count). The molecule has 23 heavy (non-hydrogen) atoms. The summed E-state index contributed by atoms with van der Waals surface area (Å²) in [5, 5.41) is 6.59. The maximum atomic E-state index is 13.0. The van der Waals surface area contributed by atoms with Crippen molar-refractivity contribution in [3.8, 4) is 11.3 Å². The van der Waals surface area contributed by atoms with Gasteiger partial charge in [0.2, 0.25) is 10.0 Å². The van der Waals surface area contributed by atoms with Gasteiger partial charge in [-0.15, -0.1) is 0 Å². The highest BCUT2D eigenvalue weighted by atomic mass is 32.2. The van der Waals surface area contributed by atoms with Gasteiger partial charge in [-0.25, -0.2) is 17.5 Å². The Morgan fingerprint density at radius 3 is 2.57 bits per heavy atom. The van der Waals surface area contributed by atoms with Crippen LogP contribution in [0.3, 0.4) is 0 Å². The number of sulfonamides is 1. The zero-order valence-electron chi connectivity index (χ0n) is 12.7. The topological polar surface area (TPSA) is 93.1 Å². The number of aryl methyl sites for hydroxylation is 1. The Morgan fingerprint density at radius 1 is 1.30 bits per heavy atom. The van der Waals surface area contributed by atoms with Crippen LogP contribution in [0, 0.1) is 5.82 Å². The lowest BCUT2D eigenvalue weighted by atomic mass is 10.1. The molecule has 0 aliphatic rings. The largest absolute Gasteiger partial charge is 0.350 e.